The van der Waals surface area contributed by atoms with Gasteiger partial charge in [0, 0.05) is 11.1 Å². The molecule has 0 bridgehead atoms. The summed E-state index contributed by atoms with van der Waals surface area (Å²) in [6.45, 7) is 0. The van der Waals surface area contributed by atoms with E-state index in [-0.39, 0.29) is 44.9 Å². The lowest BCUT2D eigenvalue weighted by atomic mass is 9.80. The number of carbonyl (C=O) groups is 2. The molecule has 0 spiro atoms. The van der Waals surface area contributed by atoms with Gasteiger partial charge in [0.2, 0.25) is 0 Å². The van der Waals surface area contributed by atoms with Crippen LogP contribution in [-0.2, 0) is 0 Å². The first kappa shape index (κ1) is 11.8. The van der Waals surface area contributed by atoms with Crippen LogP contribution in [-0.4, -0.2) is 11.6 Å². The van der Waals surface area contributed by atoms with Crippen LogP contribution in [0.1, 0.15) is 43.0 Å². The lowest BCUT2D eigenvalue weighted by Gasteiger charge is -2.18. The predicted molar refractivity (Wildman–Crippen MR) is 69.2 cm³/mol. The maximum atomic E-state index is 12.5. The standard InChI is InChI=1S/C16H6N2O2/c17-7-9-3-1-5-11-13(9)16(20)12-6-2-4-10(8-18)14(12)15(11)19/h1-6H. The Labute approximate surface area is 114 Å². The highest BCUT2D eigenvalue weighted by Crippen LogP contribution is 2.30. The van der Waals surface area contributed by atoms with Crippen molar-refractivity contribution in [2.24, 2.45) is 0 Å². The van der Waals surface area contributed by atoms with Crippen molar-refractivity contribution >= 4 is 11.6 Å². The number of benzene rings is 2. The van der Waals surface area contributed by atoms with E-state index >= 15 is 0 Å². The third-order valence-electron chi connectivity index (χ3n) is 3.31. The van der Waals surface area contributed by atoms with Crippen molar-refractivity contribution in [1.29, 1.82) is 10.5 Å². The molecule has 2 aromatic rings. The Morgan fingerprint density at radius 2 is 1.10 bits per heavy atom. The number of hydrogen-bond acceptors (Lipinski definition) is 4. The van der Waals surface area contributed by atoms with Crippen LogP contribution in [0.2, 0.25) is 0 Å². The fraction of sp³-hybridized carbons (Fsp3) is 0. The highest BCUT2D eigenvalue weighted by atomic mass is 16.1. The molecule has 0 heterocycles. The molecule has 1 aliphatic carbocycles. The highest BCUT2D eigenvalue weighted by Gasteiger charge is 2.33. The van der Waals surface area contributed by atoms with E-state index in [2.05, 4.69) is 0 Å². The van der Waals surface area contributed by atoms with Crippen LogP contribution in [0.4, 0.5) is 0 Å². The van der Waals surface area contributed by atoms with Gasteiger partial charge >= 0.3 is 0 Å². The molecule has 1 aliphatic rings. The second-order valence-electron chi connectivity index (χ2n) is 4.34. The van der Waals surface area contributed by atoms with E-state index in [9.17, 15) is 9.59 Å². The van der Waals surface area contributed by atoms with Crippen LogP contribution in [0.25, 0.3) is 0 Å². The van der Waals surface area contributed by atoms with Crippen LogP contribution < -0.4 is 0 Å². The normalized spacial score (nSPS) is 12.1. The molecule has 0 amide bonds. The van der Waals surface area contributed by atoms with Gasteiger partial charge in [-0.25, -0.2) is 0 Å². The molecule has 2 aromatic carbocycles. The number of fused-ring (bicyclic) bond motifs is 2. The summed E-state index contributed by atoms with van der Waals surface area (Å²) in [7, 11) is 0. The number of carbonyl (C=O) groups excluding carboxylic acids is 2. The summed E-state index contributed by atoms with van der Waals surface area (Å²) in [5.41, 5.74) is 0.974. The van der Waals surface area contributed by atoms with E-state index < -0.39 is 0 Å². The smallest absolute Gasteiger partial charge is 0.195 e. The maximum absolute atomic E-state index is 12.5. The fourth-order valence-electron chi connectivity index (χ4n) is 2.43. The zero-order valence-corrected chi connectivity index (χ0v) is 10.2. The minimum Gasteiger partial charge on any atom is -0.289 e. The highest BCUT2D eigenvalue weighted by molar-refractivity contribution is 6.29. The largest absolute Gasteiger partial charge is 0.289 e. The molecule has 3 rings (SSSR count). The second-order valence-corrected chi connectivity index (χ2v) is 4.34. The van der Waals surface area contributed by atoms with Gasteiger partial charge in [-0.3, -0.25) is 9.59 Å². The number of nitriles is 2. The average molecular weight is 258 g/mol. The first-order valence-electron chi connectivity index (χ1n) is 5.84. The summed E-state index contributed by atoms with van der Waals surface area (Å²) in [4.78, 5) is 25.0. The molecule has 0 unspecified atom stereocenters. The van der Waals surface area contributed by atoms with Gasteiger partial charge in [0.25, 0.3) is 0 Å². The monoisotopic (exact) mass is 258 g/mol. The summed E-state index contributed by atoms with van der Waals surface area (Å²) in [6, 6.07) is 13.0. The predicted octanol–water partition coefficient (Wildman–Crippen LogP) is 2.21. The molecule has 4 heteroatoms. The number of ketones is 2. The molecule has 0 radical (unpaired) electrons. The molecule has 0 saturated heterocycles. The van der Waals surface area contributed by atoms with E-state index in [1.54, 1.807) is 12.1 Å². The molecule has 0 saturated carbocycles. The van der Waals surface area contributed by atoms with Crippen LogP contribution in [0.5, 0.6) is 0 Å². The van der Waals surface area contributed by atoms with Crippen LogP contribution in [0.15, 0.2) is 36.4 Å². The Kier molecular flexibility index (Phi) is 2.45. The Hall–Kier alpha value is -3.24. The SMILES string of the molecule is N#Cc1cccc2c1C(=O)c1cccc(C#N)c1C2=O. The summed E-state index contributed by atoms with van der Waals surface area (Å²) >= 11 is 0. The van der Waals surface area contributed by atoms with E-state index in [1.165, 1.54) is 24.3 Å². The van der Waals surface area contributed by atoms with Crippen molar-refractivity contribution < 1.29 is 9.59 Å². The minimum absolute atomic E-state index is 0.127. The molecule has 4 nitrogen and oxygen atoms in total. The van der Waals surface area contributed by atoms with Crippen molar-refractivity contribution in [2.45, 2.75) is 0 Å². The van der Waals surface area contributed by atoms with Gasteiger partial charge in [0.05, 0.1) is 34.4 Å². The van der Waals surface area contributed by atoms with E-state index in [1.807, 2.05) is 12.1 Å². The Balaban J connectivity index is 2.41. The molecule has 0 atom stereocenters. The van der Waals surface area contributed by atoms with Crippen molar-refractivity contribution in [3.63, 3.8) is 0 Å². The quantitative estimate of drug-likeness (QED) is 0.619. The lowest BCUT2D eigenvalue weighted by Crippen LogP contribution is -2.23. The maximum Gasteiger partial charge on any atom is 0.195 e. The molecular formula is C16H6N2O2. The molecule has 92 valence electrons. The van der Waals surface area contributed by atoms with Gasteiger partial charge in [-0.2, -0.15) is 10.5 Å². The zero-order chi connectivity index (χ0) is 14.3. The third kappa shape index (κ3) is 1.39. The van der Waals surface area contributed by atoms with Crippen LogP contribution in [0, 0.1) is 22.7 Å². The van der Waals surface area contributed by atoms with Crippen molar-refractivity contribution in [2.75, 3.05) is 0 Å². The van der Waals surface area contributed by atoms with Crippen molar-refractivity contribution in [3.05, 3.63) is 69.8 Å². The van der Waals surface area contributed by atoms with Crippen molar-refractivity contribution in [1.82, 2.24) is 0 Å². The first-order valence-corrected chi connectivity index (χ1v) is 5.84. The van der Waals surface area contributed by atoms with Gasteiger partial charge in [-0.05, 0) is 12.1 Å². The van der Waals surface area contributed by atoms with Gasteiger partial charge in [-0.15, -0.1) is 0 Å². The minimum atomic E-state index is -0.385. The van der Waals surface area contributed by atoms with E-state index in [0.29, 0.717) is 0 Å². The number of rotatable bonds is 0. The Bertz CT molecular complexity index is 794. The first-order chi connectivity index (χ1) is 9.69. The number of nitrogens with zero attached hydrogens (tertiary/aromatic N) is 2. The second kappa shape index (κ2) is 4.15. The fourth-order valence-corrected chi connectivity index (χ4v) is 2.43. The molecular weight excluding hydrogens is 252 g/mol. The van der Waals surface area contributed by atoms with Gasteiger partial charge in [0.1, 0.15) is 0 Å². The number of hydrogen-bond donors (Lipinski definition) is 0. The summed E-state index contributed by atoms with van der Waals surface area (Å²) in [6.07, 6.45) is 0. The molecule has 0 fully saturated rings. The Morgan fingerprint density at radius 3 is 1.45 bits per heavy atom. The Morgan fingerprint density at radius 1 is 0.700 bits per heavy atom. The van der Waals surface area contributed by atoms with E-state index in [0.717, 1.165) is 0 Å². The molecule has 20 heavy (non-hydrogen) atoms. The average Bonchev–Trinajstić information content (AvgIpc) is 2.50. The van der Waals surface area contributed by atoms with Gasteiger partial charge in [0.15, 0.2) is 11.6 Å². The lowest BCUT2D eigenvalue weighted by molar-refractivity contribution is 0.0978. The topological polar surface area (TPSA) is 81.7 Å². The molecule has 0 aliphatic heterocycles. The van der Waals surface area contributed by atoms with E-state index in [4.69, 9.17) is 10.5 Å². The molecule has 0 N–H and O–H groups in total. The van der Waals surface area contributed by atoms with Crippen LogP contribution in [0.3, 0.4) is 0 Å². The van der Waals surface area contributed by atoms with Gasteiger partial charge in [-0.1, -0.05) is 24.3 Å². The zero-order valence-electron chi connectivity index (χ0n) is 10.2. The summed E-state index contributed by atoms with van der Waals surface area (Å²) < 4.78 is 0. The third-order valence-corrected chi connectivity index (χ3v) is 3.31. The summed E-state index contributed by atoms with van der Waals surface area (Å²) in [5.74, 6) is -0.771. The van der Waals surface area contributed by atoms with Gasteiger partial charge < -0.3 is 0 Å². The van der Waals surface area contributed by atoms with Crippen LogP contribution >= 0.6 is 0 Å². The molecule has 0 aromatic heterocycles. The van der Waals surface area contributed by atoms with Crippen molar-refractivity contribution in [3.8, 4) is 12.1 Å². The summed E-state index contributed by atoms with van der Waals surface area (Å²) in [5, 5.41) is 18.2.